The van der Waals surface area contributed by atoms with Gasteiger partial charge in [-0.1, -0.05) is 18.5 Å². The molecule has 0 saturated carbocycles. The molecule has 1 aliphatic rings. The summed E-state index contributed by atoms with van der Waals surface area (Å²) in [6.07, 6.45) is 0.929. The lowest BCUT2D eigenvalue weighted by Crippen LogP contribution is -2.52. The molecule has 0 spiro atoms. The van der Waals surface area contributed by atoms with Crippen molar-refractivity contribution in [2.75, 3.05) is 19.6 Å². The van der Waals surface area contributed by atoms with E-state index in [1.54, 1.807) is 34.1 Å². The largest absolute Gasteiger partial charge is 0.481 e. The van der Waals surface area contributed by atoms with Crippen molar-refractivity contribution < 1.29 is 19.5 Å². The number of carboxylic acid groups (broad SMARTS) is 1. The second kappa shape index (κ2) is 9.22. The molecule has 1 saturated heterocycles. The van der Waals surface area contributed by atoms with Crippen molar-refractivity contribution in [3.05, 3.63) is 34.9 Å². The minimum atomic E-state index is -0.801. The number of benzene rings is 1. The van der Waals surface area contributed by atoms with Crippen LogP contribution >= 0.6 is 11.6 Å². The van der Waals surface area contributed by atoms with Crippen LogP contribution in [0.25, 0.3) is 0 Å². The van der Waals surface area contributed by atoms with Crippen molar-refractivity contribution in [3.8, 4) is 0 Å². The smallest absolute Gasteiger partial charge is 0.320 e. The lowest BCUT2D eigenvalue weighted by Gasteiger charge is -2.38. The van der Waals surface area contributed by atoms with Gasteiger partial charge in [-0.25, -0.2) is 4.79 Å². The first-order valence-corrected chi connectivity index (χ1v) is 9.72. The summed E-state index contributed by atoms with van der Waals surface area (Å²) in [5, 5.41) is 9.68. The van der Waals surface area contributed by atoms with E-state index in [1.165, 1.54) is 0 Å². The summed E-state index contributed by atoms with van der Waals surface area (Å²) in [5.74, 6) is -1.58. The van der Waals surface area contributed by atoms with Gasteiger partial charge < -0.3 is 14.9 Å². The maximum absolute atomic E-state index is 12.9. The highest BCUT2D eigenvalue weighted by Gasteiger charge is 2.33. The van der Waals surface area contributed by atoms with Crippen molar-refractivity contribution in [2.45, 2.75) is 39.7 Å². The van der Waals surface area contributed by atoms with Crippen LogP contribution in [-0.4, -0.2) is 58.4 Å². The standard InChI is InChI=1S/C20H27ClN2O4/c1-4-23(20(27)22-11-9-16(10-12-22)19(25)26)14(3)13(2)18(24)15-5-7-17(21)8-6-15/h5-8,13-14,16H,4,9-12H2,1-3H3,(H,25,26). The van der Waals surface area contributed by atoms with Gasteiger partial charge in [0.2, 0.25) is 0 Å². The molecule has 148 valence electrons. The number of hydrogen-bond donors (Lipinski definition) is 1. The molecular weight excluding hydrogens is 368 g/mol. The molecule has 2 amide bonds. The molecule has 0 bridgehead atoms. The topological polar surface area (TPSA) is 77.9 Å². The van der Waals surface area contributed by atoms with E-state index in [9.17, 15) is 14.4 Å². The molecule has 0 aromatic heterocycles. The van der Waals surface area contributed by atoms with E-state index >= 15 is 0 Å². The van der Waals surface area contributed by atoms with Crippen LogP contribution in [0, 0.1) is 11.8 Å². The summed E-state index contributed by atoms with van der Waals surface area (Å²) in [6, 6.07) is 6.35. The lowest BCUT2D eigenvalue weighted by molar-refractivity contribution is -0.143. The number of rotatable bonds is 6. The number of Topliss-reactive ketones (excluding diaryl/α,β-unsaturated/α-hetero) is 1. The molecule has 1 aromatic rings. The Morgan fingerprint density at radius 3 is 2.22 bits per heavy atom. The first kappa shape index (κ1) is 21.2. The highest BCUT2D eigenvalue weighted by atomic mass is 35.5. The van der Waals surface area contributed by atoms with Crippen molar-refractivity contribution >= 4 is 29.4 Å². The third-order valence-electron chi connectivity index (χ3n) is 5.46. The Labute approximate surface area is 165 Å². The molecule has 7 heteroatoms. The zero-order valence-corrected chi connectivity index (χ0v) is 16.8. The zero-order valence-electron chi connectivity index (χ0n) is 16.0. The first-order chi connectivity index (χ1) is 12.8. The molecule has 1 heterocycles. The van der Waals surface area contributed by atoms with Crippen LogP contribution in [0.15, 0.2) is 24.3 Å². The van der Waals surface area contributed by atoms with Crippen LogP contribution < -0.4 is 0 Å². The van der Waals surface area contributed by atoms with Crippen molar-refractivity contribution in [2.24, 2.45) is 11.8 Å². The lowest BCUT2D eigenvalue weighted by atomic mass is 9.92. The number of hydrogen-bond acceptors (Lipinski definition) is 3. The van der Waals surface area contributed by atoms with E-state index in [0.29, 0.717) is 43.1 Å². The van der Waals surface area contributed by atoms with Crippen LogP contribution in [0.5, 0.6) is 0 Å². The Morgan fingerprint density at radius 2 is 1.74 bits per heavy atom. The van der Waals surface area contributed by atoms with E-state index in [1.807, 2.05) is 20.8 Å². The average Bonchev–Trinajstić information content (AvgIpc) is 2.67. The predicted octanol–water partition coefficient (Wildman–Crippen LogP) is 3.79. The van der Waals surface area contributed by atoms with Gasteiger partial charge in [0.25, 0.3) is 0 Å². The van der Waals surface area contributed by atoms with Gasteiger partial charge in [0, 0.05) is 42.2 Å². The molecule has 2 unspecified atom stereocenters. The van der Waals surface area contributed by atoms with Crippen molar-refractivity contribution in [1.29, 1.82) is 0 Å². The Hall–Kier alpha value is -2.08. The van der Waals surface area contributed by atoms with Gasteiger partial charge in [-0.05, 0) is 51.0 Å². The molecule has 1 aliphatic heterocycles. The normalized spacial score (nSPS) is 17.3. The molecule has 2 rings (SSSR count). The van der Waals surface area contributed by atoms with Gasteiger partial charge in [0.1, 0.15) is 0 Å². The number of likely N-dealkylation sites (tertiary alicyclic amines) is 1. The Morgan fingerprint density at radius 1 is 1.19 bits per heavy atom. The molecule has 1 fully saturated rings. The van der Waals surface area contributed by atoms with E-state index in [0.717, 1.165) is 0 Å². The number of piperidine rings is 1. The van der Waals surface area contributed by atoms with E-state index in [4.69, 9.17) is 16.7 Å². The summed E-state index contributed by atoms with van der Waals surface area (Å²) >= 11 is 5.88. The van der Waals surface area contributed by atoms with Crippen molar-refractivity contribution in [3.63, 3.8) is 0 Å². The number of halogens is 1. The number of urea groups is 1. The van der Waals surface area contributed by atoms with Crippen LogP contribution in [-0.2, 0) is 4.79 Å². The predicted molar refractivity (Wildman–Crippen MR) is 104 cm³/mol. The average molecular weight is 395 g/mol. The summed E-state index contributed by atoms with van der Waals surface area (Å²) in [4.78, 5) is 40.2. The molecule has 0 radical (unpaired) electrons. The zero-order chi connectivity index (χ0) is 20.1. The fourth-order valence-electron chi connectivity index (χ4n) is 3.46. The third-order valence-corrected chi connectivity index (χ3v) is 5.71. The number of nitrogens with zero attached hydrogens (tertiary/aromatic N) is 2. The molecule has 6 nitrogen and oxygen atoms in total. The molecule has 1 aromatic carbocycles. The maximum Gasteiger partial charge on any atom is 0.320 e. The van der Waals surface area contributed by atoms with Gasteiger partial charge in [-0.3, -0.25) is 9.59 Å². The minimum absolute atomic E-state index is 0.0324. The fraction of sp³-hybridized carbons (Fsp3) is 0.550. The highest BCUT2D eigenvalue weighted by molar-refractivity contribution is 6.30. The van der Waals surface area contributed by atoms with Gasteiger partial charge >= 0.3 is 12.0 Å². The summed E-state index contributed by atoms with van der Waals surface area (Å²) in [6.45, 7) is 6.93. The van der Waals surface area contributed by atoms with Crippen LogP contribution in [0.3, 0.4) is 0 Å². The summed E-state index contributed by atoms with van der Waals surface area (Å²) in [5.41, 5.74) is 0.574. The molecule has 0 aliphatic carbocycles. The molecule has 1 N–H and O–H groups in total. The van der Waals surface area contributed by atoms with Gasteiger partial charge in [0.15, 0.2) is 5.78 Å². The SMILES string of the molecule is CCN(C(=O)N1CCC(C(=O)O)CC1)C(C)C(C)C(=O)c1ccc(Cl)cc1. The summed E-state index contributed by atoms with van der Waals surface area (Å²) < 4.78 is 0. The number of carboxylic acids is 1. The molecule has 2 atom stereocenters. The highest BCUT2D eigenvalue weighted by Crippen LogP contribution is 2.22. The Bertz CT molecular complexity index is 684. The van der Waals surface area contributed by atoms with Gasteiger partial charge in [-0.2, -0.15) is 0 Å². The van der Waals surface area contributed by atoms with Gasteiger partial charge in [0.05, 0.1) is 5.92 Å². The second-order valence-corrected chi connectivity index (χ2v) is 7.51. The molecular formula is C20H27ClN2O4. The first-order valence-electron chi connectivity index (χ1n) is 9.34. The Balaban J connectivity index is 2.04. The summed E-state index contributed by atoms with van der Waals surface area (Å²) in [7, 11) is 0. The number of aliphatic carboxylic acids is 1. The van der Waals surface area contributed by atoms with E-state index in [-0.39, 0.29) is 29.7 Å². The second-order valence-electron chi connectivity index (χ2n) is 7.07. The fourth-order valence-corrected chi connectivity index (χ4v) is 3.59. The van der Waals surface area contributed by atoms with Crippen molar-refractivity contribution in [1.82, 2.24) is 9.80 Å². The van der Waals surface area contributed by atoms with Crippen LogP contribution in [0.2, 0.25) is 5.02 Å². The quantitative estimate of drug-likeness (QED) is 0.744. The minimum Gasteiger partial charge on any atom is -0.481 e. The van der Waals surface area contributed by atoms with Crippen LogP contribution in [0.4, 0.5) is 4.79 Å². The van der Waals surface area contributed by atoms with Crippen LogP contribution in [0.1, 0.15) is 44.0 Å². The Kier molecular flexibility index (Phi) is 7.25. The van der Waals surface area contributed by atoms with E-state index < -0.39 is 5.97 Å². The third kappa shape index (κ3) is 5.01. The van der Waals surface area contributed by atoms with Gasteiger partial charge in [-0.15, -0.1) is 0 Å². The monoisotopic (exact) mass is 394 g/mol. The van der Waals surface area contributed by atoms with E-state index in [2.05, 4.69) is 0 Å². The number of carbonyl (C=O) groups is 3. The number of ketones is 1. The maximum atomic E-state index is 12.9. The molecule has 27 heavy (non-hydrogen) atoms. The number of carbonyl (C=O) groups excluding carboxylic acids is 2. The number of amides is 2.